The van der Waals surface area contributed by atoms with Crippen LogP contribution in [-0.2, 0) is 6.54 Å². The summed E-state index contributed by atoms with van der Waals surface area (Å²) >= 11 is 0. The lowest BCUT2D eigenvalue weighted by atomic mass is 10.1. The maximum atomic E-state index is 12.7. The summed E-state index contributed by atoms with van der Waals surface area (Å²) in [4.78, 5) is 2.16. The number of anilines is 1. The van der Waals surface area contributed by atoms with Gasteiger partial charge in [-0.05, 0) is 38.6 Å². The fraction of sp³-hybridized carbons (Fsp3) is 0.455. The zero-order chi connectivity index (χ0) is 10.7. The highest BCUT2D eigenvalue weighted by Gasteiger charge is 2.07. The molecule has 0 unspecified atom stereocenters. The lowest BCUT2D eigenvalue weighted by Crippen LogP contribution is -2.26. The Hall–Kier alpha value is -1.09. The van der Waals surface area contributed by atoms with Crippen molar-refractivity contribution in [2.75, 3.05) is 12.8 Å². The second-order valence-electron chi connectivity index (χ2n) is 3.85. The molecule has 0 saturated carbocycles. The van der Waals surface area contributed by atoms with E-state index in [1.165, 1.54) is 12.1 Å². The SMILES string of the molecule is CC(C)N(C)Cc1ccc(F)cc1N. The molecular formula is C11H17FN2. The van der Waals surface area contributed by atoms with E-state index in [-0.39, 0.29) is 5.82 Å². The fourth-order valence-electron chi connectivity index (χ4n) is 1.16. The van der Waals surface area contributed by atoms with Gasteiger partial charge in [-0.3, -0.25) is 4.90 Å². The van der Waals surface area contributed by atoms with Gasteiger partial charge in [-0.15, -0.1) is 0 Å². The molecule has 0 spiro atoms. The Morgan fingerprint density at radius 3 is 2.57 bits per heavy atom. The van der Waals surface area contributed by atoms with Crippen molar-refractivity contribution in [1.82, 2.24) is 4.90 Å². The number of hydrogen-bond donors (Lipinski definition) is 1. The van der Waals surface area contributed by atoms with E-state index in [0.717, 1.165) is 12.1 Å². The van der Waals surface area contributed by atoms with Crippen LogP contribution in [0.4, 0.5) is 10.1 Å². The Morgan fingerprint density at radius 1 is 1.43 bits per heavy atom. The van der Waals surface area contributed by atoms with Gasteiger partial charge in [-0.1, -0.05) is 6.07 Å². The molecular weight excluding hydrogens is 179 g/mol. The summed E-state index contributed by atoms with van der Waals surface area (Å²) in [7, 11) is 2.02. The molecule has 0 saturated heterocycles. The number of halogens is 1. The normalized spacial score (nSPS) is 11.3. The van der Waals surface area contributed by atoms with Crippen LogP contribution in [0.15, 0.2) is 18.2 Å². The molecule has 0 bridgehead atoms. The van der Waals surface area contributed by atoms with Crippen LogP contribution >= 0.6 is 0 Å². The molecule has 3 heteroatoms. The van der Waals surface area contributed by atoms with Gasteiger partial charge in [0.15, 0.2) is 0 Å². The molecule has 0 aliphatic rings. The topological polar surface area (TPSA) is 29.3 Å². The van der Waals surface area contributed by atoms with E-state index in [9.17, 15) is 4.39 Å². The maximum absolute atomic E-state index is 12.7. The first-order valence-corrected chi connectivity index (χ1v) is 4.75. The zero-order valence-corrected chi connectivity index (χ0v) is 8.92. The van der Waals surface area contributed by atoms with E-state index in [4.69, 9.17) is 5.73 Å². The molecule has 0 fully saturated rings. The summed E-state index contributed by atoms with van der Waals surface area (Å²) < 4.78 is 12.7. The Balaban J connectivity index is 2.77. The number of benzene rings is 1. The van der Waals surface area contributed by atoms with Gasteiger partial charge in [-0.25, -0.2) is 4.39 Å². The van der Waals surface area contributed by atoms with Gasteiger partial charge in [0.05, 0.1) is 0 Å². The van der Waals surface area contributed by atoms with Gasteiger partial charge >= 0.3 is 0 Å². The van der Waals surface area contributed by atoms with Crippen LogP contribution in [-0.4, -0.2) is 18.0 Å². The van der Waals surface area contributed by atoms with Crippen LogP contribution < -0.4 is 5.73 Å². The summed E-state index contributed by atoms with van der Waals surface area (Å²) in [5.74, 6) is -0.279. The summed E-state index contributed by atoms with van der Waals surface area (Å²) in [6, 6.07) is 5.01. The third-order valence-electron chi connectivity index (χ3n) is 2.41. The third-order valence-corrected chi connectivity index (χ3v) is 2.41. The molecule has 78 valence electrons. The van der Waals surface area contributed by atoms with Crippen molar-refractivity contribution in [2.24, 2.45) is 0 Å². The molecule has 0 heterocycles. The Labute approximate surface area is 84.5 Å². The minimum Gasteiger partial charge on any atom is -0.398 e. The Kier molecular flexibility index (Phi) is 3.47. The van der Waals surface area contributed by atoms with Crippen molar-refractivity contribution in [1.29, 1.82) is 0 Å². The largest absolute Gasteiger partial charge is 0.398 e. The Morgan fingerprint density at radius 2 is 2.07 bits per heavy atom. The van der Waals surface area contributed by atoms with Gasteiger partial charge in [0.2, 0.25) is 0 Å². The molecule has 14 heavy (non-hydrogen) atoms. The van der Waals surface area contributed by atoms with Crippen LogP contribution in [0.2, 0.25) is 0 Å². The second kappa shape index (κ2) is 4.42. The average Bonchev–Trinajstić information content (AvgIpc) is 2.09. The minimum absolute atomic E-state index is 0.279. The number of nitrogens with zero attached hydrogens (tertiary/aromatic N) is 1. The molecule has 0 aromatic heterocycles. The zero-order valence-electron chi connectivity index (χ0n) is 8.92. The van der Waals surface area contributed by atoms with Crippen LogP contribution in [0.25, 0.3) is 0 Å². The van der Waals surface area contributed by atoms with Crippen molar-refractivity contribution < 1.29 is 4.39 Å². The summed E-state index contributed by atoms with van der Waals surface area (Å²) in [6.45, 7) is 4.98. The first-order chi connectivity index (χ1) is 6.50. The smallest absolute Gasteiger partial charge is 0.125 e. The van der Waals surface area contributed by atoms with Crippen LogP contribution in [0, 0.1) is 5.82 Å². The molecule has 2 nitrogen and oxygen atoms in total. The van der Waals surface area contributed by atoms with Gasteiger partial charge in [0, 0.05) is 18.3 Å². The second-order valence-corrected chi connectivity index (χ2v) is 3.85. The van der Waals surface area contributed by atoms with Crippen molar-refractivity contribution >= 4 is 5.69 Å². The standard InChI is InChI=1S/C11H17FN2/c1-8(2)14(3)7-9-4-5-10(12)6-11(9)13/h4-6,8H,7,13H2,1-3H3. The van der Waals surface area contributed by atoms with Gasteiger partial charge < -0.3 is 5.73 Å². The minimum atomic E-state index is -0.279. The summed E-state index contributed by atoms with van der Waals surface area (Å²) in [6.07, 6.45) is 0. The molecule has 1 aromatic rings. The number of nitrogen functional groups attached to an aromatic ring is 1. The predicted octanol–water partition coefficient (Wildman–Crippen LogP) is 2.25. The lowest BCUT2D eigenvalue weighted by molar-refractivity contribution is 0.266. The van der Waals surface area contributed by atoms with E-state index in [2.05, 4.69) is 18.7 Å². The molecule has 2 N–H and O–H groups in total. The molecule has 0 radical (unpaired) electrons. The molecule has 1 rings (SSSR count). The molecule has 0 aliphatic carbocycles. The first kappa shape index (κ1) is 11.0. The molecule has 0 atom stereocenters. The van der Waals surface area contributed by atoms with E-state index in [1.807, 2.05) is 7.05 Å². The average molecular weight is 196 g/mol. The summed E-state index contributed by atoms with van der Waals surface area (Å²) in [5.41, 5.74) is 7.20. The van der Waals surface area contributed by atoms with Gasteiger partial charge in [0.25, 0.3) is 0 Å². The third kappa shape index (κ3) is 2.70. The highest BCUT2D eigenvalue weighted by atomic mass is 19.1. The van der Waals surface area contributed by atoms with Crippen LogP contribution in [0.1, 0.15) is 19.4 Å². The summed E-state index contributed by atoms with van der Waals surface area (Å²) in [5, 5.41) is 0. The molecule has 0 amide bonds. The number of rotatable bonds is 3. The maximum Gasteiger partial charge on any atom is 0.125 e. The fourth-order valence-corrected chi connectivity index (χ4v) is 1.16. The Bertz CT molecular complexity index is 310. The van der Waals surface area contributed by atoms with Crippen molar-refractivity contribution in [3.8, 4) is 0 Å². The van der Waals surface area contributed by atoms with Gasteiger partial charge in [0.1, 0.15) is 5.82 Å². The van der Waals surface area contributed by atoms with E-state index in [1.54, 1.807) is 6.07 Å². The quantitative estimate of drug-likeness (QED) is 0.751. The molecule has 0 aliphatic heterocycles. The van der Waals surface area contributed by atoms with Crippen molar-refractivity contribution in [3.63, 3.8) is 0 Å². The van der Waals surface area contributed by atoms with E-state index < -0.39 is 0 Å². The number of hydrogen-bond acceptors (Lipinski definition) is 2. The monoisotopic (exact) mass is 196 g/mol. The van der Waals surface area contributed by atoms with Crippen molar-refractivity contribution in [2.45, 2.75) is 26.4 Å². The van der Waals surface area contributed by atoms with Gasteiger partial charge in [-0.2, -0.15) is 0 Å². The highest BCUT2D eigenvalue weighted by molar-refractivity contribution is 5.46. The van der Waals surface area contributed by atoms with Crippen LogP contribution in [0.5, 0.6) is 0 Å². The number of nitrogens with two attached hydrogens (primary N) is 1. The highest BCUT2D eigenvalue weighted by Crippen LogP contribution is 2.15. The van der Waals surface area contributed by atoms with Crippen molar-refractivity contribution in [3.05, 3.63) is 29.6 Å². The molecule has 1 aromatic carbocycles. The first-order valence-electron chi connectivity index (χ1n) is 4.75. The predicted molar refractivity (Wildman–Crippen MR) is 57.4 cm³/mol. The van der Waals surface area contributed by atoms with E-state index in [0.29, 0.717) is 11.7 Å². The lowest BCUT2D eigenvalue weighted by Gasteiger charge is -2.21. The van der Waals surface area contributed by atoms with Crippen LogP contribution in [0.3, 0.4) is 0 Å². The van der Waals surface area contributed by atoms with E-state index >= 15 is 0 Å².